The zero-order valence-corrected chi connectivity index (χ0v) is 14.7. The van der Waals surface area contributed by atoms with Crippen molar-refractivity contribution in [3.63, 3.8) is 0 Å². The Balaban J connectivity index is 2.27. The third kappa shape index (κ3) is 4.98. The number of hydrogen-bond donors (Lipinski definition) is 1. The number of hydrogen-bond acceptors (Lipinski definition) is 2. The Morgan fingerprint density at radius 1 is 1.28 bits per heavy atom. The number of benzene rings is 1. The second-order valence-corrected chi connectivity index (χ2v) is 6.52. The third-order valence-corrected chi connectivity index (χ3v) is 3.85. The van der Waals surface area contributed by atoms with E-state index in [2.05, 4.69) is 10.4 Å². The van der Waals surface area contributed by atoms with Crippen LogP contribution in [-0.2, 0) is 6.18 Å². The normalized spacial score (nSPS) is 11.8. The Kier molecular flexibility index (Phi) is 6.11. The first-order valence-electron chi connectivity index (χ1n) is 7.89. The molecular weight excluding hydrogens is 355 g/mol. The molecular formula is C17H19ClF3N3O. The van der Waals surface area contributed by atoms with Gasteiger partial charge in [-0.15, -0.1) is 0 Å². The van der Waals surface area contributed by atoms with Gasteiger partial charge in [-0.25, -0.2) is 4.68 Å². The van der Waals surface area contributed by atoms with Crippen molar-refractivity contribution in [2.24, 2.45) is 5.92 Å². The van der Waals surface area contributed by atoms with Crippen LogP contribution in [0.15, 0.2) is 30.5 Å². The van der Waals surface area contributed by atoms with Gasteiger partial charge < -0.3 is 5.32 Å². The van der Waals surface area contributed by atoms with Gasteiger partial charge >= 0.3 is 6.18 Å². The first-order valence-corrected chi connectivity index (χ1v) is 8.27. The van der Waals surface area contributed by atoms with Crippen LogP contribution in [-0.4, -0.2) is 22.2 Å². The molecule has 0 aliphatic rings. The summed E-state index contributed by atoms with van der Waals surface area (Å²) in [7, 11) is 0. The van der Waals surface area contributed by atoms with E-state index in [1.54, 1.807) is 0 Å². The van der Waals surface area contributed by atoms with E-state index in [4.69, 9.17) is 11.6 Å². The van der Waals surface area contributed by atoms with Crippen molar-refractivity contribution in [3.05, 3.63) is 46.7 Å². The number of carbonyl (C=O) groups excluding carboxylic acids is 1. The van der Waals surface area contributed by atoms with Crippen LogP contribution in [0.1, 0.15) is 42.7 Å². The SMILES string of the molecule is CC(C)CCCNC(=O)c1cnn(-c2ccc(Cl)cc2)c1C(F)(F)F. The molecule has 1 N–H and O–H groups in total. The molecule has 1 aromatic carbocycles. The van der Waals surface area contributed by atoms with Crippen molar-refractivity contribution in [2.75, 3.05) is 6.54 Å². The van der Waals surface area contributed by atoms with E-state index in [0.717, 1.165) is 12.6 Å². The average molecular weight is 374 g/mol. The molecule has 2 rings (SSSR count). The van der Waals surface area contributed by atoms with Crippen LogP contribution in [0.5, 0.6) is 0 Å². The lowest BCUT2D eigenvalue weighted by Gasteiger charge is -2.13. The van der Waals surface area contributed by atoms with Gasteiger partial charge in [0.05, 0.1) is 17.4 Å². The number of nitrogens with one attached hydrogen (secondary N) is 1. The second kappa shape index (κ2) is 7.91. The van der Waals surface area contributed by atoms with E-state index in [-0.39, 0.29) is 5.69 Å². The highest BCUT2D eigenvalue weighted by Crippen LogP contribution is 2.33. The van der Waals surface area contributed by atoms with Crippen molar-refractivity contribution in [1.29, 1.82) is 0 Å². The van der Waals surface area contributed by atoms with Crippen LogP contribution in [0.4, 0.5) is 13.2 Å². The highest BCUT2D eigenvalue weighted by Gasteiger charge is 2.40. The number of alkyl halides is 3. The van der Waals surface area contributed by atoms with Gasteiger partial charge in [0, 0.05) is 11.6 Å². The van der Waals surface area contributed by atoms with E-state index in [0.29, 0.717) is 28.6 Å². The standard InChI is InChI=1S/C17H19ClF3N3O/c1-11(2)4-3-9-22-16(25)14-10-23-24(15(14)17(19,20)21)13-7-5-12(18)6-8-13/h5-8,10-11H,3-4,9H2,1-2H3,(H,22,25). The fourth-order valence-corrected chi connectivity index (χ4v) is 2.50. The second-order valence-electron chi connectivity index (χ2n) is 6.08. The number of amides is 1. The third-order valence-electron chi connectivity index (χ3n) is 3.60. The summed E-state index contributed by atoms with van der Waals surface area (Å²) in [5, 5.41) is 6.68. The van der Waals surface area contributed by atoms with Crippen molar-refractivity contribution in [1.82, 2.24) is 15.1 Å². The molecule has 0 aliphatic carbocycles. The minimum absolute atomic E-state index is 0.176. The zero-order chi connectivity index (χ0) is 18.6. The lowest BCUT2D eigenvalue weighted by atomic mass is 10.1. The molecule has 2 aromatic rings. The molecule has 0 aliphatic heterocycles. The predicted octanol–water partition coefficient (Wildman–Crippen LogP) is 4.71. The molecule has 0 unspecified atom stereocenters. The molecule has 0 radical (unpaired) electrons. The highest BCUT2D eigenvalue weighted by molar-refractivity contribution is 6.30. The number of carbonyl (C=O) groups is 1. The minimum Gasteiger partial charge on any atom is -0.352 e. The quantitative estimate of drug-likeness (QED) is 0.745. The molecule has 136 valence electrons. The fourth-order valence-electron chi connectivity index (χ4n) is 2.37. The summed E-state index contributed by atoms with van der Waals surface area (Å²) < 4.78 is 41.2. The van der Waals surface area contributed by atoms with Gasteiger partial charge in [-0.1, -0.05) is 25.4 Å². The largest absolute Gasteiger partial charge is 0.434 e. The summed E-state index contributed by atoms with van der Waals surface area (Å²) in [6.07, 6.45) is -2.19. The molecule has 0 saturated carbocycles. The highest BCUT2D eigenvalue weighted by atomic mass is 35.5. The van der Waals surface area contributed by atoms with Crippen LogP contribution in [0.3, 0.4) is 0 Å². The Morgan fingerprint density at radius 2 is 1.92 bits per heavy atom. The summed E-state index contributed by atoms with van der Waals surface area (Å²) in [6.45, 7) is 4.40. The summed E-state index contributed by atoms with van der Waals surface area (Å²) in [4.78, 5) is 12.2. The monoisotopic (exact) mass is 373 g/mol. The lowest BCUT2D eigenvalue weighted by molar-refractivity contribution is -0.143. The van der Waals surface area contributed by atoms with E-state index in [1.807, 2.05) is 13.8 Å². The number of nitrogens with zero attached hydrogens (tertiary/aromatic N) is 2. The molecule has 1 aromatic heterocycles. The predicted molar refractivity (Wildman–Crippen MR) is 90.0 cm³/mol. The van der Waals surface area contributed by atoms with Crippen LogP contribution >= 0.6 is 11.6 Å². The lowest BCUT2D eigenvalue weighted by Crippen LogP contribution is -2.27. The summed E-state index contributed by atoms with van der Waals surface area (Å²) >= 11 is 5.76. The van der Waals surface area contributed by atoms with Crippen molar-refractivity contribution >= 4 is 17.5 Å². The van der Waals surface area contributed by atoms with Gasteiger partial charge in [0.25, 0.3) is 5.91 Å². The van der Waals surface area contributed by atoms with Crippen molar-refractivity contribution in [3.8, 4) is 5.69 Å². The molecule has 8 heteroatoms. The Morgan fingerprint density at radius 3 is 2.48 bits per heavy atom. The molecule has 0 saturated heterocycles. The number of halogens is 4. The average Bonchev–Trinajstić information content (AvgIpc) is 2.97. The van der Waals surface area contributed by atoms with Gasteiger partial charge in [0.15, 0.2) is 5.69 Å². The van der Waals surface area contributed by atoms with E-state index in [1.165, 1.54) is 24.3 Å². The Bertz CT molecular complexity index is 724. The molecule has 1 amide bonds. The molecule has 0 fully saturated rings. The summed E-state index contributed by atoms with van der Waals surface area (Å²) in [6, 6.07) is 5.75. The first-order chi connectivity index (χ1) is 11.7. The van der Waals surface area contributed by atoms with E-state index < -0.39 is 23.3 Å². The molecule has 4 nitrogen and oxygen atoms in total. The van der Waals surface area contributed by atoms with Gasteiger partial charge in [0.1, 0.15) is 0 Å². The number of rotatable bonds is 6. The van der Waals surface area contributed by atoms with Crippen LogP contribution in [0.2, 0.25) is 5.02 Å². The van der Waals surface area contributed by atoms with E-state index in [9.17, 15) is 18.0 Å². The maximum absolute atomic E-state index is 13.5. The van der Waals surface area contributed by atoms with Crippen LogP contribution in [0.25, 0.3) is 5.69 Å². The first kappa shape index (κ1) is 19.3. The van der Waals surface area contributed by atoms with Crippen molar-refractivity contribution in [2.45, 2.75) is 32.9 Å². The molecule has 25 heavy (non-hydrogen) atoms. The molecule has 0 spiro atoms. The molecule has 0 bridgehead atoms. The van der Waals surface area contributed by atoms with Gasteiger partial charge in [0.2, 0.25) is 0 Å². The van der Waals surface area contributed by atoms with Gasteiger partial charge in [-0.3, -0.25) is 4.79 Å². The summed E-state index contributed by atoms with van der Waals surface area (Å²) in [5.41, 5.74) is -1.42. The Hall–Kier alpha value is -2.02. The maximum atomic E-state index is 13.5. The fraction of sp³-hybridized carbons (Fsp3) is 0.412. The zero-order valence-electron chi connectivity index (χ0n) is 13.9. The maximum Gasteiger partial charge on any atom is 0.434 e. The minimum atomic E-state index is -4.72. The smallest absolute Gasteiger partial charge is 0.352 e. The van der Waals surface area contributed by atoms with Crippen LogP contribution < -0.4 is 5.32 Å². The van der Waals surface area contributed by atoms with Crippen molar-refractivity contribution < 1.29 is 18.0 Å². The van der Waals surface area contributed by atoms with Crippen LogP contribution in [0, 0.1) is 5.92 Å². The van der Waals surface area contributed by atoms with Gasteiger partial charge in [-0.2, -0.15) is 18.3 Å². The molecule has 0 atom stereocenters. The van der Waals surface area contributed by atoms with Gasteiger partial charge in [-0.05, 0) is 43.0 Å². The Labute approximate surface area is 149 Å². The molecule has 1 heterocycles. The van der Waals surface area contributed by atoms with E-state index >= 15 is 0 Å². The number of aromatic nitrogens is 2. The topological polar surface area (TPSA) is 46.9 Å². The summed E-state index contributed by atoms with van der Waals surface area (Å²) in [5.74, 6) is -0.313.